The Morgan fingerprint density at radius 3 is 2.81 bits per heavy atom. The molecule has 4 aromatic rings. The monoisotopic (exact) mass is 490 g/mol. The number of nitrogens with one attached hydrogen (secondary N) is 1. The average Bonchev–Trinajstić information content (AvgIpc) is 3.54. The third kappa shape index (κ3) is 5.37. The highest BCUT2D eigenvalue weighted by Gasteiger charge is 2.29. The minimum Gasteiger partial charge on any atom is -0.377 e. The molecule has 0 bridgehead atoms. The van der Waals surface area contributed by atoms with Crippen molar-refractivity contribution in [2.75, 3.05) is 13.2 Å². The van der Waals surface area contributed by atoms with Gasteiger partial charge in [0.1, 0.15) is 5.82 Å². The molecule has 0 saturated carbocycles. The molecule has 1 fully saturated rings. The van der Waals surface area contributed by atoms with Crippen LogP contribution in [0.1, 0.15) is 54.7 Å². The number of benzene rings is 2. The molecule has 2 unspecified atom stereocenters. The summed E-state index contributed by atoms with van der Waals surface area (Å²) in [6.45, 7) is 6.45. The van der Waals surface area contributed by atoms with Gasteiger partial charge in [-0.15, -0.1) is 5.10 Å². The maximum Gasteiger partial charge on any atom is 0.252 e. The number of hydrogen-bond donors (Lipinski definition) is 1. The Balaban J connectivity index is 1.47. The van der Waals surface area contributed by atoms with Gasteiger partial charge in [-0.3, -0.25) is 9.69 Å². The Bertz CT molecular complexity index is 1380. The first-order valence-corrected chi connectivity index (χ1v) is 12.5. The molecule has 36 heavy (non-hydrogen) atoms. The SMILES string of the molecule is CCC(c1nnnn1Cc1ccc(F)cc1)N(Cc1cc2cc(C)ccc2[nH]c1=O)CC1CCCO1. The normalized spacial score (nSPS) is 16.7. The number of hydrogen-bond acceptors (Lipinski definition) is 6. The molecule has 188 valence electrons. The van der Waals surface area contributed by atoms with Gasteiger partial charge in [0.25, 0.3) is 5.56 Å². The van der Waals surface area contributed by atoms with Gasteiger partial charge in [0.05, 0.1) is 18.7 Å². The van der Waals surface area contributed by atoms with Crippen LogP contribution in [-0.2, 0) is 17.8 Å². The first-order chi connectivity index (χ1) is 17.5. The zero-order valence-corrected chi connectivity index (χ0v) is 20.7. The lowest BCUT2D eigenvalue weighted by atomic mass is 10.1. The van der Waals surface area contributed by atoms with E-state index in [-0.39, 0.29) is 23.5 Å². The molecule has 1 aliphatic heterocycles. The van der Waals surface area contributed by atoms with Crippen molar-refractivity contribution in [3.63, 3.8) is 0 Å². The maximum absolute atomic E-state index is 13.4. The van der Waals surface area contributed by atoms with E-state index in [9.17, 15) is 9.18 Å². The second kappa shape index (κ2) is 10.7. The number of nitrogens with zero attached hydrogens (tertiary/aromatic N) is 5. The predicted molar refractivity (Wildman–Crippen MR) is 135 cm³/mol. The zero-order valence-electron chi connectivity index (χ0n) is 20.7. The van der Waals surface area contributed by atoms with E-state index >= 15 is 0 Å². The molecule has 2 aromatic heterocycles. The number of H-pyrrole nitrogens is 1. The molecular formula is C27H31FN6O2. The van der Waals surface area contributed by atoms with Crippen LogP contribution >= 0.6 is 0 Å². The summed E-state index contributed by atoms with van der Waals surface area (Å²) in [4.78, 5) is 18.3. The third-order valence-corrected chi connectivity index (χ3v) is 6.84. The molecule has 1 saturated heterocycles. The zero-order chi connectivity index (χ0) is 25.1. The number of rotatable bonds is 9. The Morgan fingerprint density at radius 1 is 1.22 bits per heavy atom. The molecule has 1 aliphatic rings. The molecule has 2 aromatic carbocycles. The van der Waals surface area contributed by atoms with Crippen LogP contribution in [0.15, 0.2) is 53.3 Å². The van der Waals surface area contributed by atoms with Crippen LogP contribution in [0.5, 0.6) is 0 Å². The fourth-order valence-electron chi connectivity index (χ4n) is 4.99. The van der Waals surface area contributed by atoms with Crippen LogP contribution in [0.4, 0.5) is 4.39 Å². The van der Waals surface area contributed by atoms with Crippen molar-refractivity contribution in [1.29, 1.82) is 0 Å². The van der Waals surface area contributed by atoms with E-state index in [1.54, 1.807) is 16.8 Å². The predicted octanol–water partition coefficient (Wildman–Crippen LogP) is 4.14. The summed E-state index contributed by atoms with van der Waals surface area (Å²) >= 11 is 0. The van der Waals surface area contributed by atoms with Crippen LogP contribution in [0.25, 0.3) is 10.9 Å². The summed E-state index contributed by atoms with van der Waals surface area (Å²) < 4.78 is 21.1. The van der Waals surface area contributed by atoms with E-state index in [1.807, 2.05) is 25.1 Å². The molecule has 9 heteroatoms. The van der Waals surface area contributed by atoms with Crippen LogP contribution in [-0.4, -0.2) is 49.3 Å². The minimum absolute atomic E-state index is 0.0931. The largest absolute Gasteiger partial charge is 0.377 e. The van der Waals surface area contributed by atoms with Gasteiger partial charge in [-0.2, -0.15) is 0 Å². The van der Waals surface area contributed by atoms with Crippen molar-refractivity contribution in [2.24, 2.45) is 0 Å². The van der Waals surface area contributed by atoms with Crippen molar-refractivity contribution in [2.45, 2.75) is 58.3 Å². The molecule has 8 nitrogen and oxygen atoms in total. The topological polar surface area (TPSA) is 88.9 Å². The van der Waals surface area contributed by atoms with Gasteiger partial charge < -0.3 is 9.72 Å². The van der Waals surface area contributed by atoms with Crippen molar-refractivity contribution >= 4 is 10.9 Å². The van der Waals surface area contributed by atoms with E-state index in [2.05, 4.69) is 38.4 Å². The van der Waals surface area contributed by atoms with Crippen molar-refractivity contribution in [1.82, 2.24) is 30.1 Å². The van der Waals surface area contributed by atoms with Crippen molar-refractivity contribution in [3.8, 4) is 0 Å². The lowest BCUT2D eigenvalue weighted by Crippen LogP contribution is -2.37. The molecule has 0 aliphatic carbocycles. The molecular weight excluding hydrogens is 459 g/mol. The Labute approximate surface area is 209 Å². The average molecular weight is 491 g/mol. The van der Waals surface area contributed by atoms with Gasteiger partial charge in [-0.25, -0.2) is 9.07 Å². The first-order valence-electron chi connectivity index (χ1n) is 12.5. The van der Waals surface area contributed by atoms with E-state index in [0.717, 1.165) is 47.9 Å². The molecule has 0 amide bonds. The lowest BCUT2D eigenvalue weighted by Gasteiger charge is -2.32. The van der Waals surface area contributed by atoms with Gasteiger partial charge in [-0.1, -0.05) is 30.7 Å². The quantitative estimate of drug-likeness (QED) is 0.379. The summed E-state index contributed by atoms with van der Waals surface area (Å²) in [6, 6.07) is 14.2. The Hall–Kier alpha value is -3.43. The highest BCUT2D eigenvalue weighted by atomic mass is 19.1. The third-order valence-electron chi connectivity index (χ3n) is 6.84. The summed E-state index contributed by atoms with van der Waals surface area (Å²) in [7, 11) is 0. The molecule has 1 N–H and O–H groups in total. The number of ether oxygens (including phenoxy) is 1. The van der Waals surface area contributed by atoms with Crippen LogP contribution < -0.4 is 5.56 Å². The summed E-state index contributed by atoms with van der Waals surface area (Å²) in [6.07, 6.45) is 2.87. The highest BCUT2D eigenvalue weighted by molar-refractivity contribution is 5.79. The number of fused-ring (bicyclic) bond motifs is 1. The molecule has 0 spiro atoms. The fraction of sp³-hybridized carbons (Fsp3) is 0.407. The smallest absolute Gasteiger partial charge is 0.252 e. The van der Waals surface area contributed by atoms with Crippen molar-refractivity contribution in [3.05, 3.63) is 87.2 Å². The second-order valence-corrected chi connectivity index (χ2v) is 9.52. The maximum atomic E-state index is 13.4. The Kier molecular flexibility index (Phi) is 7.20. The van der Waals surface area contributed by atoms with E-state index in [1.165, 1.54) is 12.1 Å². The van der Waals surface area contributed by atoms with Crippen LogP contribution in [0, 0.1) is 12.7 Å². The first kappa shape index (κ1) is 24.3. The van der Waals surface area contributed by atoms with E-state index in [4.69, 9.17) is 4.74 Å². The summed E-state index contributed by atoms with van der Waals surface area (Å²) in [5.74, 6) is 0.438. The number of halogens is 1. The number of tetrazole rings is 1. The second-order valence-electron chi connectivity index (χ2n) is 9.52. The Morgan fingerprint density at radius 2 is 2.06 bits per heavy atom. The van der Waals surface area contributed by atoms with Gasteiger partial charge in [0.2, 0.25) is 0 Å². The lowest BCUT2D eigenvalue weighted by molar-refractivity contribution is 0.0489. The van der Waals surface area contributed by atoms with Gasteiger partial charge >= 0.3 is 0 Å². The van der Waals surface area contributed by atoms with Crippen LogP contribution in [0.3, 0.4) is 0 Å². The molecule has 3 heterocycles. The molecule has 2 atom stereocenters. The van der Waals surface area contributed by atoms with Gasteiger partial charge in [0.15, 0.2) is 5.82 Å². The fourth-order valence-corrected chi connectivity index (χ4v) is 4.99. The van der Waals surface area contributed by atoms with Gasteiger partial charge in [-0.05, 0) is 77.9 Å². The van der Waals surface area contributed by atoms with Gasteiger partial charge in [0, 0.05) is 30.8 Å². The number of aryl methyl sites for hydroxylation is 1. The van der Waals surface area contributed by atoms with E-state index in [0.29, 0.717) is 31.0 Å². The van der Waals surface area contributed by atoms with E-state index < -0.39 is 0 Å². The van der Waals surface area contributed by atoms with Crippen molar-refractivity contribution < 1.29 is 9.13 Å². The highest BCUT2D eigenvalue weighted by Crippen LogP contribution is 2.27. The summed E-state index contributed by atoms with van der Waals surface area (Å²) in [5.41, 5.74) is 3.48. The van der Waals surface area contributed by atoms with Crippen LogP contribution in [0.2, 0.25) is 0 Å². The molecule has 0 radical (unpaired) electrons. The number of pyridine rings is 1. The standard InChI is InChI=1S/C27H31FN6O2/c1-3-25(26-30-31-32-34(26)15-19-7-9-22(28)10-8-19)33(17-23-5-4-12-36-23)16-21-14-20-13-18(2)6-11-24(20)29-27(21)35/h6-11,13-14,23,25H,3-5,12,15-17H2,1-2H3,(H,29,35). The number of aromatic nitrogens is 5. The number of aromatic amines is 1. The molecule has 5 rings (SSSR count). The summed E-state index contributed by atoms with van der Waals surface area (Å²) in [5, 5.41) is 13.6. The minimum atomic E-state index is -0.277.